The number of rotatable bonds is 3. The van der Waals surface area contributed by atoms with E-state index in [1.807, 2.05) is 11.8 Å². The smallest absolute Gasteiger partial charge is 0.321 e. The van der Waals surface area contributed by atoms with Gasteiger partial charge in [-0.25, -0.2) is 4.79 Å². The lowest BCUT2D eigenvalue weighted by Gasteiger charge is -2.12. The zero-order chi connectivity index (χ0) is 11.3. The maximum Gasteiger partial charge on any atom is 0.321 e. The van der Waals surface area contributed by atoms with E-state index in [1.165, 1.54) is 0 Å². The van der Waals surface area contributed by atoms with E-state index in [0.717, 1.165) is 19.3 Å². The van der Waals surface area contributed by atoms with Gasteiger partial charge in [0.1, 0.15) is 5.88 Å². The Morgan fingerprint density at radius 3 is 2.73 bits per heavy atom. The van der Waals surface area contributed by atoms with Crippen molar-refractivity contribution >= 4 is 35.3 Å². The highest BCUT2D eigenvalue weighted by molar-refractivity contribution is 7.99. The SMILES string of the molecule is CSC1CCC(NC(=O)NC(=O)CCl)C1. The minimum atomic E-state index is -0.464. The normalized spacial score (nSPS) is 24.9. The molecule has 0 bridgehead atoms. The van der Waals surface area contributed by atoms with Gasteiger partial charge in [-0.05, 0) is 25.5 Å². The van der Waals surface area contributed by atoms with E-state index >= 15 is 0 Å². The first-order valence-electron chi connectivity index (χ1n) is 4.84. The van der Waals surface area contributed by atoms with Gasteiger partial charge in [0.2, 0.25) is 5.91 Å². The molecule has 4 nitrogen and oxygen atoms in total. The molecule has 2 N–H and O–H groups in total. The van der Waals surface area contributed by atoms with Gasteiger partial charge in [0.25, 0.3) is 0 Å². The number of thioether (sulfide) groups is 1. The fraction of sp³-hybridized carbons (Fsp3) is 0.778. The molecule has 6 heteroatoms. The molecule has 0 spiro atoms. The number of hydrogen-bond acceptors (Lipinski definition) is 3. The lowest BCUT2D eigenvalue weighted by Crippen LogP contribution is -2.44. The summed E-state index contributed by atoms with van der Waals surface area (Å²) in [7, 11) is 0. The van der Waals surface area contributed by atoms with Gasteiger partial charge >= 0.3 is 6.03 Å². The zero-order valence-electron chi connectivity index (χ0n) is 8.59. The Labute approximate surface area is 98.5 Å². The molecular weight excluding hydrogens is 236 g/mol. The van der Waals surface area contributed by atoms with Crippen molar-refractivity contribution in [2.75, 3.05) is 12.1 Å². The standard InChI is InChI=1S/C9H15ClN2O2S/c1-15-7-3-2-6(4-7)11-9(14)12-8(13)5-10/h6-7H,2-5H2,1H3,(H2,11,12,13,14). The molecule has 86 valence electrons. The quantitative estimate of drug-likeness (QED) is 0.743. The molecule has 0 saturated heterocycles. The first-order chi connectivity index (χ1) is 7.15. The molecule has 1 saturated carbocycles. The third kappa shape index (κ3) is 4.30. The molecule has 1 aliphatic rings. The van der Waals surface area contributed by atoms with Gasteiger partial charge in [-0.3, -0.25) is 10.1 Å². The third-order valence-corrected chi connectivity index (χ3v) is 3.76. The van der Waals surface area contributed by atoms with Crippen LogP contribution in [0.4, 0.5) is 4.79 Å². The number of hydrogen-bond donors (Lipinski definition) is 2. The number of nitrogens with one attached hydrogen (secondary N) is 2. The molecule has 0 aliphatic heterocycles. The Morgan fingerprint density at radius 1 is 1.47 bits per heavy atom. The third-order valence-electron chi connectivity index (χ3n) is 2.43. The van der Waals surface area contributed by atoms with Gasteiger partial charge < -0.3 is 5.32 Å². The van der Waals surface area contributed by atoms with Crippen molar-refractivity contribution in [3.05, 3.63) is 0 Å². The van der Waals surface area contributed by atoms with Crippen molar-refractivity contribution in [3.8, 4) is 0 Å². The van der Waals surface area contributed by atoms with Crippen molar-refractivity contribution in [2.24, 2.45) is 0 Å². The van der Waals surface area contributed by atoms with E-state index in [-0.39, 0.29) is 11.9 Å². The van der Waals surface area contributed by atoms with E-state index in [4.69, 9.17) is 11.6 Å². The van der Waals surface area contributed by atoms with E-state index < -0.39 is 11.9 Å². The van der Waals surface area contributed by atoms with Crippen LogP contribution in [0.25, 0.3) is 0 Å². The number of imide groups is 1. The summed E-state index contributed by atoms with van der Waals surface area (Å²) < 4.78 is 0. The molecular formula is C9H15ClN2O2S. The molecule has 0 aromatic heterocycles. The first-order valence-corrected chi connectivity index (χ1v) is 6.67. The molecule has 0 aromatic carbocycles. The number of carbonyl (C=O) groups is 2. The minimum Gasteiger partial charge on any atom is -0.335 e. The Bertz CT molecular complexity index is 250. The maximum atomic E-state index is 11.3. The van der Waals surface area contributed by atoms with Crippen LogP contribution in [0, 0.1) is 0 Å². The van der Waals surface area contributed by atoms with E-state index in [1.54, 1.807) is 0 Å². The van der Waals surface area contributed by atoms with Crippen LogP contribution in [-0.2, 0) is 4.79 Å². The van der Waals surface area contributed by atoms with Crippen molar-refractivity contribution in [2.45, 2.75) is 30.6 Å². The second-order valence-electron chi connectivity index (χ2n) is 3.52. The number of halogens is 1. The summed E-state index contributed by atoms with van der Waals surface area (Å²) in [5.41, 5.74) is 0. The first kappa shape index (κ1) is 12.6. The van der Waals surface area contributed by atoms with E-state index in [2.05, 4.69) is 16.9 Å². The van der Waals surface area contributed by atoms with Gasteiger partial charge in [-0.2, -0.15) is 11.8 Å². The van der Waals surface area contributed by atoms with Gasteiger partial charge in [0.15, 0.2) is 0 Å². The van der Waals surface area contributed by atoms with Crippen LogP contribution < -0.4 is 10.6 Å². The predicted molar refractivity (Wildman–Crippen MR) is 62.3 cm³/mol. The molecule has 2 atom stereocenters. The van der Waals surface area contributed by atoms with Crippen LogP contribution in [0.5, 0.6) is 0 Å². The summed E-state index contributed by atoms with van der Waals surface area (Å²) >= 11 is 7.08. The molecule has 2 unspecified atom stereocenters. The number of alkyl halides is 1. The molecule has 0 aromatic rings. The second-order valence-corrected chi connectivity index (χ2v) is 4.93. The van der Waals surface area contributed by atoms with Gasteiger partial charge in [0.05, 0.1) is 0 Å². The van der Waals surface area contributed by atoms with Crippen LogP contribution in [0.2, 0.25) is 0 Å². The van der Waals surface area contributed by atoms with Crippen LogP contribution in [0.1, 0.15) is 19.3 Å². The number of amides is 3. The zero-order valence-corrected chi connectivity index (χ0v) is 10.2. The molecule has 1 fully saturated rings. The summed E-state index contributed by atoms with van der Waals surface area (Å²) in [6.45, 7) is 0. The van der Waals surface area contributed by atoms with Crippen molar-refractivity contribution < 1.29 is 9.59 Å². The van der Waals surface area contributed by atoms with Crippen LogP contribution >= 0.6 is 23.4 Å². The molecule has 0 heterocycles. The Morgan fingerprint density at radius 2 is 2.20 bits per heavy atom. The average molecular weight is 251 g/mol. The second kappa shape index (κ2) is 6.23. The average Bonchev–Trinajstić information content (AvgIpc) is 2.65. The highest BCUT2D eigenvalue weighted by Gasteiger charge is 2.25. The van der Waals surface area contributed by atoms with E-state index in [9.17, 15) is 9.59 Å². The summed E-state index contributed by atoms with van der Waals surface area (Å²) in [4.78, 5) is 22.1. The monoisotopic (exact) mass is 250 g/mol. The summed E-state index contributed by atoms with van der Waals surface area (Å²) in [5, 5.41) is 5.55. The van der Waals surface area contributed by atoms with Gasteiger partial charge in [-0.1, -0.05) is 0 Å². The Kier molecular flexibility index (Phi) is 5.25. The predicted octanol–water partition coefficient (Wildman–Crippen LogP) is 1.34. The fourth-order valence-corrected chi connectivity index (χ4v) is 2.53. The Hall–Kier alpha value is -0.420. The lowest BCUT2D eigenvalue weighted by molar-refractivity contribution is -0.117. The minimum absolute atomic E-state index is 0.186. The topological polar surface area (TPSA) is 58.2 Å². The molecule has 15 heavy (non-hydrogen) atoms. The largest absolute Gasteiger partial charge is 0.335 e. The van der Waals surface area contributed by atoms with Crippen LogP contribution in [0.3, 0.4) is 0 Å². The summed E-state index contributed by atoms with van der Waals surface area (Å²) in [5.74, 6) is -0.653. The fourth-order valence-electron chi connectivity index (χ4n) is 1.67. The maximum absolute atomic E-state index is 11.3. The molecule has 3 amide bonds. The van der Waals surface area contributed by atoms with Crippen LogP contribution in [-0.4, -0.2) is 35.4 Å². The van der Waals surface area contributed by atoms with E-state index in [0.29, 0.717) is 5.25 Å². The molecule has 0 radical (unpaired) electrons. The number of urea groups is 1. The molecule has 1 rings (SSSR count). The Balaban J connectivity index is 2.24. The highest BCUT2D eigenvalue weighted by Crippen LogP contribution is 2.27. The van der Waals surface area contributed by atoms with Crippen molar-refractivity contribution in [1.82, 2.24) is 10.6 Å². The van der Waals surface area contributed by atoms with Crippen LogP contribution in [0.15, 0.2) is 0 Å². The highest BCUT2D eigenvalue weighted by atomic mass is 35.5. The summed E-state index contributed by atoms with van der Waals surface area (Å²) in [6.07, 6.45) is 5.15. The van der Waals surface area contributed by atoms with Gasteiger partial charge in [0, 0.05) is 11.3 Å². The van der Waals surface area contributed by atoms with Crippen molar-refractivity contribution in [3.63, 3.8) is 0 Å². The number of carbonyl (C=O) groups excluding carboxylic acids is 2. The lowest BCUT2D eigenvalue weighted by atomic mass is 10.2. The molecule has 1 aliphatic carbocycles. The summed E-state index contributed by atoms with van der Waals surface area (Å²) in [6, 6.07) is -0.252. The van der Waals surface area contributed by atoms with Crippen molar-refractivity contribution in [1.29, 1.82) is 0 Å². The van der Waals surface area contributed by atoms with Gasteiger partial charge in [-0.15, -0.1) is 11.6 Å².